The fourth-order valence-electron chi connectivity index (χ4n) is 3.73. The second-order valence-electron chi connectivity index (χ2n) is 8.60. The smallest absolute Gasteiger partial charge is 0.410 e. The number of ether oxygens (including phenoxy) is 1. The van der Waals surface area contributed by atoms with E-state index in [9.17, 15) is 9.59 Å². The van der Waals surface area contributed by atoms with Crippen LogP contribution in [0.2, 0.25) is 0 Å². The molecule has 1 aromatic heterocycles. The number of amides is 1. The third-order valence-electron chi connectivity index (χ3n) is 5.05. The van der Waals surface area contributed by atoms with E-state index in [2.05, 4.69) is 0 Å². The first-order chi connectivity index (χ1) is 13.1. The average Bonchev–Trinajstić information content (AvgIpc) is 2.60. The lowest BCUT2D eigenvalue weighted by atomic mass is 10.0. The fourth-order valence-corrected chi connectivity index (χ4v) is 3.73. The van der Waals surface area contributed by atoms with Crippen LogP contribution in [0.5, 0.6) is 0 Å². The highest BCUT2D eigenvalue weighted by Crippen LogP contribution is 2.26. The van der Waals surface area contributed by atoms with Crippen molar-refractivity contribution in [2.75, 3.05) is 13.1 Å². The van der Waals surface area contributed by atoms with E-state index in [1.54, 1.807) is 9.47 Å². The van der Waals surface area contributed by atoms with Gasteiger partial charge in [0.15, 0.2) is 0 Å². The van der Waals surface area contributed by atoms with Crippen molar-refractivity contribution in [2.24, 2.45) is 5.73 Å². The molecule has 1 amide bonds. The molecule has 1 aliphatic heterocycles. The summed E-state index contributed by atoms with van der Waals surface area (Å²) in [5.41, 5.74) is 7.18. The lowest BCUT2D eigenvalue weighted by molar-refractivity contribution is 0.0186. The summed E-state index contributed by atoms with van der Waals surface area (Å²) in [4.78, 5) is 32.1. The third-order valence-corrected chi connectivity index (χ3v) is 5.05. The van der Waals surface area contributed by atoms with Crippen LogP contribution in [0.1, 0.15) is 64.0 Å². The molecule has 2 heterocycles. The normalized spacial score (nSPS) is 17.0. The molecule has 0 spiro atoms. The maximum Gasteiger partial charge on any atom is 0.410 e. The fraction of sp³-hybridized carbons (Fsp3) is 0.571. The Morgan fingerprint density at radius 2 is 1.93 bits per heavy atom. The number of fused-ring (bicyclic) bond motifs is 1. The Morgan fingerprint density at radius 1 is 1.29 bits per heavy atom. The van der Waals surface area contributed by atoms with Crippen molar-refractivity contribution in [1.29, 1.82) is 0 Å². The molecule has 0 aliphatic carbocycles. The number of aromatic nitrogens is 2. The van der Waals surface area contributed by atoms with Gasteiger partial charge in [-0.2, -0.15) is 0 Å². The van der Waals surface area contributed by atoms with Crippen LogP contribution in [-0.4, -0.2) is 39.2 Å². The topological polar surface area (TPSA) is 90.5 Å². The summed E-state index contributed by atoms with van der Waals surface area (Å²) in [6, 6.07) is 5.28. The van der Waals surface area contributed by atoms with Gasteiger partial charge >= 0.3 is 6.09 Å². The molecule has 2 N–H and O–H groups in total. The maximum atomic E-state index is 13.3. The molecule has 0 bridgehead atoms. The van der Waals surface area contributed by atoms with Gasteiger partial charge in [-0.05, 0) is 59.1 Å². The van der Waals surface area contributed by atoms with Gasteiger partial charge in [-0.3, -0.25) is 9.36 Å². The Kier molecular flexibility index (Phi) is 5.48. The second kappa shape index (κ2) is 7.54. The van der Waals surface area contributed by atoms with Crippen LogP contribution in [0.3, 0.4) is 0 Å². The first kappa shape index (κ1) is 20.3. The summed E-state index contributed by atoms with van der Waals surface area (Å²) in [6.45, 7) is 10.4. The number of likely N-dealkylation sites (tertiary alicyclic amines) is 1. The predicted molar refractivity (Wildman–Crippen MR) is 109 cm³/mol. The highest BCUT2D eigenvalue weighted by atomic mass is 16.6. The molecule has 2 aromatic rings. The van der Waals surface area contributed by atoms with Crippen molar-refractivity contribution in [2.45, 2.75) is 65.1 Å². The average molecular weight is 386 g/mol. The van der Waals surface area contributed by atoms with E-state index in [0.29, 0.717) is 42.7 Å². The Bertz CT molecular complexity index is 935. The summed E-state index contributed by atoms with van der Waals surface area (Å²) in [7, 11) is 0. The molecule has 7 heteroatoms. The van der Waals surface area contributed by atoms with E-state index in [1.165, 1.54) is 0 Å². The number of hydrogen-bond donors (Lipinski definition) is 1. The number of nitrogens with two attached hydrogens (primary N) is 1. The van der Waals surface area contributed by atoms with Gasteiger partial charge in [0.2, 0.25) is 0 Å². The van der Waals surface area contributed by atoms with E-state index in [0.717, 1.165) is 5.56 Å². The minimum Gasteiger partial charge on any atom is -0.444 e. The first-order valence-electron chi connectivity index (χ1n) is 9.84. The van der Waals surface area contributed by atoms with Gasteiger partial charge in [0.1, 0.15) is 11.4 Å². The van der Waals surface area contributed by atoms with Crippen LogP contribution in [-0.2, 0) is 4.74 Å². The van der Waals surface area contributed by atoms with Crippen molar-refractivity contribution in [3.63, 3.8) is 0 Å². The number of hydrogen-bond acceptors (Lipinski definition) is 5. The Labute approximate surface area is 165 Å². The highest BCUT2D eigenvalue weighted by molar-refractivity contribution is 5.81. The van der Waals surface area contributed by atoms with E-state index in [-0.39, 0.29) is 23.7 Å². The summed E-state index contributed by atoms with van der Waals surface area (Å²) >= 11 is 0. The van der Waals surface area contributed by atoms with E-state index < -0.39 is 5.60 Å². The van der Waals surface area contributed by atoms with Gasteiger partial charge < -0.3 is 15.4 Å². The predicted octanol–water partition coefficient (Wildman–Crippen LogP) is 3.30. The molecule has 1 unspecified atom stereocenters. The minimum absolute atomic E-state index is 0.0382. The van der Waals surface area contributed by atoms with E-state index in [1.807, 2.05) is 52.8 Å². The van der Waals surface area contributed by atoms with Crippen molar-refractivity contribution in [3.05, 3.63) is 39.9 Å². The number of benzene rings is 1. The Hall–Kier alpha value is -2.41. The van der Waals surface area contributed by atoms with Crippen LogP contribution in [0, 0.1) is 6.92 Å². The summed E-state index contributed by atoms with van der Waals surface area (Å²) in [6.07, 6.45) is 1.02. The molecule has 7 nitrogen and oxygen atoms in total. The van der Waals surface area contributed by atoms with Crippen molar-refractivity contribution in [3.8, 4) is 0 Å². The van der Waals surface area contributed by atoms with Crippen LogP contribution in [0.15, 0.2) is 23.0 Å². The minimum atomic E-state index is -0.521. The number of piperidine rings is 1. The van der Waals surface area contributed by atoms with Gasteiger partial charge in [0.05, 0.1) is 16.9 Å². The third kappa shape index (κ3) is 4.04. The Morgan fingerprint density at radius 3 is 2.50 bits per heavy atom. The molecule has 1 atom stereocenters. The molecule has 1 fully saturated rings. The Balaban J connectivity index is 1.91. The molecule has 3 rings (SSSR count). The van der Waals surface area contributed by atoms with Gasteiger partial charge in [0, 0.05) is 19.1 Å². The van der Waals surface area contributed by atoms with Gasteiger partial charge in [-0.15, -0.1) is 0 Å². The second-order valence-corrected chi connectivity index (χ2v) is 8.60. The molecular formula is C21H30N4O3. The SMILES string of the molecule is Cc1cccc2nc(C(C)N)n(C3CCN(C(=O)OC(C)(C)C)CC3)c(=O)c12. The quantitative estimate of drug-likeness (QED) is 0.855. The molecular weight excluding hydrogens is 356 g/mol. The lowest BCUT2D eigenvalue weighted by Gasteiger charge is -2.35. The molecule has 1 aliphatic rings. The highest BCUT2D eigenvalue weighted by Gasteiger charge is 2.30. The number of carbonyl (C=O) groups excluding carboxylic acids is 1. The van der Waals surface area contributed by atoms with Crippen LogP contribution in [0.25, 0.3) is 10.9 Å². The number of rotatable bonds is 2. The zero-order valence-corrected chi connectivity index (χ0v) is 17.4. The lowest BCUT2D eigenvalue weighted by Crippen LogP contribution is -2.44. The summed E-state index contributed by atoms with van der Waals surface area (Å²) in [5, 5.41) is 0.640. The van der Waals surface area contributed by atoms with E-state index >= 15 is 0 Å². The summed E-state index contributed by atoms with van der Waals surface area (Å²) in [5.74, 6) is 0.596. The van der Waals surface area contributed by atoms with Crippen molar-refractivity contribution >= 4 is 17.0 Å². The molecule has 28 heavy (non-hydrogen) atoms. The van der Waals surface area contributed by atoms with Gasteiger partial charge in [-0.1, -0.05) is 12.1 Å². The number of aryl methyl sites for hydroxylation is 1. The monoisotopic (exact) mass is 386 g/mol. The van der Waals surface area contributed by atoms with Gasteiger partial charge in [0.25, 0.3) is 5.56 Å². The molecule has 152 valence electrons. The van der Waals surface area contributed by atoms with Crippen LogP contribution in [0.4, 0.5) is 4.79 Å². The molecule has 0 saturated carbocycles. The van der Waals surface area contributed by atoms with Crippen molar-refractivity contribution in [1.82, 2.24) is 14.5 Å². The molecule has 0 radical (unpaired) electrons. The molecule has 1 saturated heterocycles. The first-order valence-corrected chi connectivity index (χ1v) is 9.84. The number of carbonyl (C=O) groups is 1. The zero-order chi connectivity index (χ0) is 20.6. The standard InChI is InChI=1S/C21H30N4O3/c1-13-7-6-8-16-17(13)19(26)25(18(23-16)14(2)22)15-9-11-24(12-10-15)20(27)28-21(3,4)5/h6-8,14-15H,9-12,22H2,1-5H3. The van der Waals surface area contributed by atoms with Crippen LogP contribution < -0.4 is 11.3 Å². The largest absolute Gasteiger partial charge is 0.444 e. The number of nitrogens with zero attached hydrogens (tertiary/aromatic N) is 3. The maximum absolute atomic E-state index is 13.3. The summed E-state index contributed by atoms with van der Waals surface area (Å²) < 4.78 is 7.22. The van der Waals surface area contributed by atoms with Crippen LogP contribution >= 0.6 is 0 Å². The molecule has 1 aromatic carbocycles. The zero-order valence-electron chi connectivity index (χ0n) is 17.4. The van der Waals surface area contributed by atoms with E-state index in [4.69, 9.17) is 15.5 Å². The van der Waals surface area contributed by atoms with Crippen molar-refractivity contribution < 1.29 is 9.53 Å². The van der Waals surface area contributed by atoms with Gasteiger partial charge in [-0.25, -0.2) is 9.78 Å².